The van der Waals surface area contributed by atoms with Crippen molar-refractivity contribution < 1.29 is 18.0 Å². The van der Waals surface area contributed by atoms with E-state index in [1.165, 1.54) is 23.2 Å². The van der Waals surface area contributed by atoms with Crippen LogP contribution in [0.25, 0.3) is 0 Å². The highest BCUT2D eigenvalue weighted by molar-refractivity contribution is 6.30. The summed E-state index contributed by atoms with van der Waals surface area (Å²) in [5, 5.41) is 2.86. The standard InChI is InChI=1S/C14H16ClF3N4O/c1-9(12(23)21-11-4-3-10(15)7-20-11)22-6-2-5-13(19,8-22)14(16,17)18/h3-4,7H,1-2,5-6,8,19H2,(H,20,21,23)/t13-/m0/s1. The number of halogens is 4. The number of nitrogens with two attached hydrogens (primary N) is 1. The number of alkyl halides is 3. The van der Waals surface area contributed by atoms with Crippen molar-refractivity contribution >= 4 is 23.3 Å². The summed E-state index contributed by atoms with van der Waals surface area (Å²) in [6, 6.07) is 3.01. The van der Waals surface area contributed by atoms with E-state index >= 15 is 0 Å². The average Bonchev–Trinajstić information content (AvgIpc) is 2.47. The van der Waals surface area contributed by atoms with E-state index in [0.29, 0.717) is 5.02 Å². The van der Waals surface area contributed by atoms with Gasteiger partial charge in [-0.15, -0.1) is 0 Å². The molecule has 1 amide bonds. The molecule has 0 saturated carbocycles. The lowest BCUT2D eigenvalue weighted by Gasteiger charge is -2.42. The number of nitrogens with zero attached hydrogens (tertiary/aromatic N) is 2. The summed E-state index contributed by atoms with van der Waals surface area (Å²) in [5.74, 6) is -0.404. The Labute approximate surface area is 136 Å². The highest BCUT2D eigenvalue weighted by atomic mass is 35.5. The number of likely N-dealkylation sites (tertiary alicyclic amines) is 1. The summed E-state index contributed by atoms with van der Waals surface area (Å²) >= 11 is 5.69. The molecular weight excluding hydrogens is 333 g/mol. The fourth-order valence-corrected chi connectivity index (χ4v) is 2.44. The Hall–Kier alpha value is -1.80. The molecule has 1 aromatic heterocycles. The molecule has 1 aromatic rings. The number of nitrogens with one attached hydrogen (secondary N) is 1. The number of pyridine rings is 1. The Morgan fingerprint density at radius 3 is 2.74 bits per heavy atom. The van der Waals surface area contributed by atoms with Crippen molar-refractivity contribution in [1.29, 1.82) is 0 Å². The lowest BCUT2D eigenvalue weighted by molar-refractivity contribution is -0.197. The second kappa shape index (κ2) is 6.37. The smallest absolute Gasteiger partial charge is 0.365 e. The summed E-state index contributed by atoms with van der Waals surface area (Å²) in [7, 11) is 0. The molecule has 1 aliphatic rings. The van der Waals surface area contributed by atoms with Crippen molar-refractivity contribution in [2.75, 3.05) is 18.4 Å². The van der Waals surface area contributed by atoms with Crippen molar-refractivity contribution in [3.05, 3.63) is 35.6 Å². The molecule has 2 rings (SSSR count). The van der Waals surface area contributed by atoms with Gasteiger partial charge in [-0.1, -0.05) is 18.2 Å². The Bertz CT molecular complexity index is 605. The third-order valence-corrected chi connectivity index (χ3v) is 3.92. The first-order valence-electron chi connectivity index (χ1n) is 6.85. The first-order chi connectivity index (χ1) is 10.6. The highest BCUT2D eigenvalue weighted by Gasteiger charge is 2.54. The summed E-state index contributed by atoms with van der Waals surface area (Å²) in [5.41, 5.74) is 3.04. The molecule has 1 atom stereocenters. The first kappa shape index (κ1) is 17.6. The number of aromatic nitrogens is 1. The fraction of sp³-hybridized carbons (Fsp3) is 0.429. The third kappa shape index (κ3) is 3.94. The molecule has 23 heavy (non-hydrogen) atoms. The van der Waals surface area contributed by atoms with Gasteiger partial charge in [0.05, 0.1) is 10.7 Å². The monoisotopic (exact) mass is 348 g/mol. The molecule has 0 spiro atoms. The summed E-state index contributed by atoms with van der Waals surface area (Å²) in [6.07, 6.45) is -3.16. The zero-order valence-electron chi connectivity index (χ0n) is 12.2. The van der Waals surface area contributed by atoms with Crippen LogP contribution in [0.1, 0.15) is 12.8 Å². The maximum Gasteiger partial charge on any atom is 0.408 e. The van der Waals surface area contributed by atoms with Crippen molar-refractivity contribution in [1.82, 2.24) is 9.88 Å². The van der Waals surface area contributed by atoms with Crippen LogP contribution in [0.3, 0.4) is 0 Å². The zero-order valence-corrected chi connectivity index (χ0v) is 12.9. The van der Waals surface area contributed by atoms with Crippen LogP contribution < -0.4 is 11.1 Å². The van der Waals surface area contributed by atoms with E-state index in [1.807, 2.05) is 0 Å². The maximum atomic E-state index is 13.0. The minimum absolute atomic E-state index is 0.0828. The average molecular weight is 349 g/mol. The molecular formula is C14H16ClF3N4O. The van der Waals surface area contributed by atoms with Gasteiger partial charge in [0, 0.05) is 19.3 Å². The van der Waals surface area contributed by atoms with Crippen LogP contribution in [-0.4, -0.2) is 40.6 Å². The van der Waals surface area contributed by atoms with Gasteiger partial charge in [0.1, 0.15) is 11.4 Å². The molecule has 1 aliphatic heterocycles. The number of carbonyl (C=O) groups excluding carboxylic acids is 1. The summed E-state index contributed by atoms with van der Waals surface area (Å²) in [6.45, 7) is 3.36. The van der Waals surface area contributed by atoms with Gasteiger partial charge in [-0.2, -0.15) is 13.2 Å². The van der Waals surface area contributed by atoms with E-state index in [9.17, 15) is 18.0 Å². The van der Waals surface area contributed by atoms with Gasteiger partial charge < -0.3 is 16.0 Å². The van der Waals surface area contributed by atoms with Gasteiger partial charge in [0.2, 0.25) is 0 Å². The van der Waals surface area contributed by atoms with E-state index in [1.54, 1.807) is 0 Å². The van der Waals surface area contributed by atoms with Gasteiger partial charge in [-0.05, 0) is 25.0 Å². The SMILES string of the molecule is C=C(C(=O)Nc1ccc(Cl)cn1)N1CCC[C@@](N)(C(F)(F)F)C1. The lowest BCUT2D eigenvalue weighted by Crippen LogP contribution is -2.63. The number of carbonyl (C=O) groups is 1. The quantitative estimate of drug-likeness (QED) is 0.823. The molecule has 1 saturated heterocycles. The molecule has 9 heteroatoms. The Morgan fingerprint density at radius 1 is 1.48 bits per heavy atom. The van der Waals surface area contributed by atoms with Crippen LogP contribution >= 0.6 is 11.6 Å². The minimum Gasteiger partial charge on any atom is -0.365 e. The molecule has 0 radical (unpaired) electrons. The van der Waals surface area contributed by atoms with E-state index in [4.69, 9.17) is 17.3 Å². The second-order valence-corrected chi connectivity index (χ2v) is 5.88. The van der Waals surface area contributed by atoms with Crippen LogP contribution in [-0.2, 0) is 4.79 Å². The number of hydrogen-bond acceptors (Lipinski definition) is 4. The number of anilines is 1. The normalized spacial score (nSPS) is 21.9. The molecule has 2 heterocycles. The topological polar surface area (TPSA) is 71.2 Å². The summed E-state index contributed by atoms with van der Waals surface area (Å²) in [4.78, 5) is 17.2. The predicted octanol–water partition coefficient (Wildman–Crippen LogP) is 2.54. The van der Waals surface area contributed by atoms with Gasteiger partial charge >= 0.3 is 6.18 Å². The van der Waals surface area contributed by atoms with Crippen molar-refractivity contribution in [3.63, 3.8) is 0 Å². The molecule has 0 aliphatic carbocycles. The molecule has 3 N–H and O–H groups in total. The highest BCUT2D eigenvalue weighted by Crippen LogP contribution is 2.36. The van der Waals surface area contributed by atoms with Crippen LogP contribution in [0.4, 0.5) is 19.0 Å². The minimum atomic E-state index is -4.54. The van der Waals surface area contributed by atoms with Crippen molar-refractivity contribution in [2.45, 2.75) is 24.6 Å². The van der Waals surface area contributed by atoms with E-state index < -0.39 is 24.2 Å². The Kier molecular flexibility index (Phi) is 4.86. The summed E-state index contributed by atoms with van der Waals surface area (Å²) < 4.78 is 39.1. The number of rotatable bonds is 3. The van der Waals surface area contributed by atoms with Gasteiger partial charge in [0.25, 0.3) is 5.91 Å². The Balaban J connectivity index is 2.04. The van der Waals surface area contributed by atoms with Crippen molar-refractivity contribution in [3.8, 4) is 0 Å². The maximum absolute atomic E-state index is 13.0. The van der Waals surface area contributed by atoms with Crippen LogP contribution in [0.5, 0.6) is 0 Å². The van der Waals surface area contributed by atoms with Gasteiger partial charge in [-0.25, -0.2) is 4.98 Å². The molecule has 0 aromatic carbocycles. The van der Waals surface area contributed by atoms with Crippen LogP contribution in [0, 0.1) is 0 Å². The number of hydrogen-bond donors (Lipinski definition) is 2. The molecule has 5 nitrogen and oxygen atoms in total. The molecule has 0 unspecified atom stereocenters. The third-order valence-electron chi connectivity index (χ3n) is 3.70. The van der Waals surface area contributed by atoms with Gasteiger partial charge in [-0.3, -0.25) is 4.79 Å². The van der Waals surface area contributed by atoms with E-state index in [2.05, 4.69) is 16.9 Å². The molecule has 126 valence electrons. The first-order valence-corrected chi connectivity index (χ1v) is 7.22. The van der Waals surface area contributed by atoms with Crippen LogP contribution in [0.2, 0.25) is 5.02 Å². The second-order valence-electron chi connectivity index (χ2n) is 5.44. The zero-order chi connectivity index (χ0) is 17.3. The molecule has 0 bridgehead atoms. The lowest BCUT2D eigenvalue weighted by atomic mass is 9.89. The van der Waals surface area contributed by atoms with Crippen molar-refractivity contribution in [2.24, 2.45) is 5.73 Å². The predicted molar refractivity (Wildman–Crippen MR) is 80.8 cm³/mol. The molecule has 1 fully saturated rings. The van der Waals surface area contributed by atoms with Crippen LogP contribution in [0.15, 0.2) is 30.6 Å². The number of piperidine rings is 1. The van der Waals surface area contributed by atoms with E-state index in [-0.39, 0.29) is 30.9 Å². The Morgan fingerprint density at radius 2 is 2.17 bits per heavy atom. The fourth-order valence-electron chi connectivity index (χ4n) is 2.33. The number of amides is 1. The van der Waals surface area contributed by atoms with Gasteiger partial charge in [0.15, 0.2) is 0 Å². The van der Waals surface area contributed by atoms with E-state index in [0.717, 1.165) is 0 Å². The largest absolute Gasteiger partial charge is 0.408 e.